The Kier molecular flexibility index (Phi) is 4.39. The van der Waals surface area contributed by atoms with Gasteiger partial charge in [0.2, 0.25) is 0 Å². The van der Waals surface area contributed by atoms with Gasteiger partial charge in [-0.25, -0.2) is 0 Å². The fraction of sp³-hybridized carbons (Fsp3) is 0.500. The van der Waals surface area contributed by atoms with Crippen LogP contribution in [0.5, 0.6) is 0 Å². The van der Waals surface area contributed by atoms with Gasteiger partial charge in [0.15, 0.2) is 0 Å². The van der Waals surface area contributed by atoms with Gasteiger partial charge in [0.05, 0.1) is 0 Å². The fourth-order valence-electron chi connectivity index (χ4n) is 1.06. The molecule has 1 aromatic heterocycles. The third kappa shape index (κ3) is 3.87. The van der Waals surface area contributed by atoms with Crippen molar-refractivity contribution < 1.29 is 0 Å². The Morgan fingerprint density at radius 3 is 2.85 bits per heavy atom. The first kappa shape index (κ1) is 10.7. The maximum Gasteiger partial charge on any atom is 0.0413 e. The van der Waals surface area contributed by atoms with E-state index in [0.717, 1.165) is 23.0 Å². The van der Waals surface area contributed by atoms with Crippen molar-refractivity contribution in [3.05, 3.63) is 28.5 Å². The standard InChI is InChI=1S/C10H15BrN2/c1-8(12-2)3-5-10-6-4-9(11)7-13-10/h4,6-8,12H,3,5H2,1-2H3. The molecule has 2 nitrogen and oxygen atoms in total. The maximum atomic E-state index is 4.31. The van der Waals surface area contributed by atoms with Crippen LogP contribution >= 0.6 is 15.9 Å². The van der Waals surface area contributed by atoms with E-state index >= 15 is 0 Å². The third-order valence-corrected chi connectivity index (χ3v) is 2.58. The number of halogens is 1. The first-order valence-electron chi connectivity index (χ1n) is 4.50. The average Bonchev–Trinajstić information content (AvgIpc) is 2.16. The lowest BCUT2D eigenvalue weighted by molar-refractivity contribution is 0.561. The summed E-state index contributed by atoms with van der Waals surface area (Å²) >= 11 is 3.36. The zero-order valence-electron chi connectivity index (χ0n) is 8.05. The number of rotatable bonds is 4. The lowest BCUT2D eigenvalue weighted by Gasteiger charge is -2.08. The molecule has 0 radical (unpaired) electrons. The first-order chi connectivity index (χ1) is 6.22. The Hall–Kier alpha value is -0.410. The summed E-state index contributed by atoms with van der Waals surface area (Å²) in [4.78, 5) is 4.31. The normalized spacial score (nSPS) is 12.8. The van der Waals surface area contributed by atoms with E-state index in [1.807, 2.05) is 19.3 Å². The van der Waals surface area contributed by atoms with Crippen LogP contribution in [0.1, 0.15) is 19.0 Å². The predicted molar refractivity (Wildman–Crippen MR) is 58.8 cm³/mol. The first-order valence-corrected chi connectivity index (χ1v) is 5.29. The number of hydrogen-bond donors (Lipinski definition) is 1. The summed E-state index contributed by atoms with van der Waals surface area (Å²) in [5.74, 6) is 0. The van der Waals surface area contributed by atoms with Crippen LogP contribution in [0.4, 0.5) is 0 Å². The van der Waals surface area contributed by atoms with Gasteiger partial charge < -0.3 is 5.32 Å². The summed E-state index contributed by atoms with van der Waals surface area (Å²) in [5.41, 5.74) is 1.16. The van der Waals surface area contributed by atoms with Crippen LogP contribution in [0.15, 0.2) is 22.8 Å². The summed E-state index contributed by atoms with van der Waals surface area (Å²) in [6, 6.07) is 4.66. The topological polar surface area (TPSA) is 24.9 Å². The molecule has 0 fully saturated rings. The summed E-state index contributed by atoms with van der Waals surface area (Å²) in [7, 11) is 1.99. The Morgan fingerprint density at radius 2 is 2.31 bits per heavy atom. The molecule has 0 saturated heterocycles. The number of pyridine rings is 1. The van der Waals surface area contributed by atoms with Gasteiger partial charge in [-0.15, -0.1) is 0 Å². The minimum absolute atomic E-state index is 0.561. The number of hydrogen-bond acceptors (Lipinski definition) is 2. The van der Waals surface area contributed by atoms with Gasteiger partial charge in [-0.3, -0.25) is 4.98 Å². The second-order valence-electron chi connectivity index (χ2n) is 3.20. The average molecular weight is 243 g/mol. The van der Waals surface area contributed by atoms with Crippen LogP contribution in [0.25, 0.3) is 0 Å². The summed E-state index contributed by atoms with van der Waals surface area (Å²) in [6.45, 7) is 2.18. The Balaban J connectivity index is 2.41. The summed E-state index contributed by atoms with van der Waals surface area (Å²) in [5, 5.41) is 3.21. The Labute approximate surface area is 87.9 Å². The molecule has 3 heteroatoms. The van der Waals surface area contributed by atoms with Gasteiger partial charge >= 0.3 is 0 Å². The van der Waals surface area contributed by atoms with E-state index in [0.29, 0.717) is 6.04 Å². The van der Waals surface area contributed by atoms with Gasteiger partial charge in [-0.1, -0.05) is 0 Å². The molecule has 1 unspecified atom stereocenters. The second-order valence-corrected chi connectivity index (χ2v) is 4.11. The lowest BCUT2D eigenvalue weighted by atomic mass is 10.1. The number of aromatic nitrogens is 1. The molecule has 1 heterocycles. The van der Waals surface area contributed by atoms with Gasteiger partial charge in [0.25, 0.3) is 0 Å². The van der Waals surface area contributed by atoms with Crippen molar-refractivity contribution in [1.29, 1.82) is 0 Å². The van der Waals surface area contributed by atoms with Crippen LogP contribution in [-0.4, -0.2) is 18.1 Å². The van der Waals surface area contributed by atoms with Crippen molar-refractivity contribution in [2.75, 3.05) is 7.05 Å². The van der Waals surface area contributed by atoms with Crippen LogP contribution in [-0.2, 0) is 6.42 Å². The van der Waals surface area contributed by atoms with Gasteiger partial charge in [-0.2, -0.15) is 0 Å². The smallest absolute Gasteiger partial charge is 0.0413 e. The van der Waals surface area contributed by atoms with E-state index in [4.69, 9.17) is 0 Å². The lowest BCUT2D eigenvalue weighted by Crippen LogP contribution is -2.21. The molecule has 13 heavy (non-hydrogen) atoms. The number of nitrogens with one attached hydrogen (secondary N) is 1. The minimum atomic E-state index is 0.561. The molecule has 0 aliphatic rings. The van der Waals surface area contributed by atoms with Crippen molar-refractivity contribution in [3.63, 3.8) is 0 Å². The van der Waals surface area contributed by atoms with Crippen molar-refractivity contribution in [1.82, 2.24) is 10.3 Å². The highest BCUT2D eigenvalue weighted by atomic mass is 79.9. The zero-order chi connectivity index (χ0) is 9.68. The quantitative estimate of drug-likeness (QED) is 0.878. The highest BCUT2D eigenvalue weighted by Crippen LogP contribution is 2.09. The third-order valence-electron chi connectivity index (χ3n) is 2.11. The molecule has 0 saturated carbocycles. The molecule has 0 amide bonds. The molecule has 0 aliphatic carbocycles. The van der Waals surface area contributed by atoms with E-state index in [9.17, 15) is 0 Å². The predicted octanol–water partition coefficient (Wildman–Crippen LogP) is 2.38. The summed E-state index contributed by atoms with van der Waals surface area (Å²) < 4.78 is 1.04. The van der Waals surface area contributed by atoms with E-state index in [1.54, 1.807) is 0 Å². The molecule has 1 N–H and O–H groups in total. The molecular formula is C10H15BrN2. The van der Waals surface area contributed by atoms with Crippen LogP contribution in [0.3, 0.4) is 0 Å². The zero-order valence-corrected chi connectivity index (χ0v) is 9.63. The molecule has 0 bridgehead atoms. The van der Waals surface area contributed by atoms with E-state index in [-0.39, 0.29) is 0 Å². The number of nitrogens with zero attached hydrogens (tertiary/aromatic N) is 1. The second kappa shape index (κ2) is 5.35. The van der Waals surface area contributed by atoms with Crippen molar-refractivity contribution in [2.24, 2.45) is 0 Å². The van der Waals surface area contributed by atoms with Crippen LogP contribution in [0, 0.1) is 0 Å². The molecule has 0 aromatic carbocycles. The van der Waals surface area contributed by atoms with E-state index in [2.05, 4.69) is 39.2 Å². The van der Waals surface area contributed by atoms with E-state index in [1.165, 1.54) is 0 Å². The molecule has 1 aromatic rings. The summed E-state index contributed by atoms with van der Waals surface area (Å²) in [6.07, 6.45) is 4.01. The van der Waals surface area contributed by atoms with Gasteiger partial charge in [0.1, 0.15) is 0 Å². The van der Waals surface area contributed by atoms with Gasteiger partial charge in [-0.05, 0) is 54.9 Å². The van der Waals surface area contributed by atoms with Crippen LogP contribution in [0.2, 0.25) is 0 Å². The van der Waals surface area contributed by atoms with Crippen LogP contribution < -0.4 is 5.32 Å². The molecular weight excluding hydrogens is 228 g/mol. The Morgan fingerprint density at radius 1 is 1.54 bits per heavy atom. The Bertz CT molecular complexity index is 246. The molecule has 1 atom stereocenters. The van der Waals surface area contributed by atoms with Crippen molar-refractivity contribution in [3.8, 4) is 0 Å². The molecule has 1 rings (SSSR count). The molecule has 0 spiro atoms. The SMILES string of the molecule is CNC(C)CCc1ccc(Br)cn1. The fourth-order valence-corrected chi connectivity index (χ4v) is 1.30. The maximum absolute atomic E-state index is 4.31. The number of aryl methyl sites for hydroxylation is 1. The van der Waals surface area contributed by atoms with E-state index < -0.39 is 0 Å². The molecule has 0 aliphatic heterocycles. The monoisotopic (exact) mass is 242 g/mol. The highest BCUT2D eigenvalue weighted by Gasteiger charge is 1.99. The van der Waals surface area contributed by atoms with Crippen molar-refractivity contribution >= 4 is 15.9 Å². The van der Waals surface area contributed by atoms with Crippen molar-refractivity contribution in [2.45, 2.75) is 25.8 Å². The minimum Gasteiger partial charge on any atom is -0.317 e. The largest absolute Gasteiger partial charge is 0.317 e. The molecule has 72 valence electrons. The highest BCUT2D eigenvalue weighted by molar-refractivity contribution is 9.10. The van der Waals surface area contributed by atoms with Gasteiger partial charge in [0, 0.05) is 22.4 Å².